The van der Waals surface area contributed by atoms with Gasteiger partial charge in [-0.05, 0) is 42.8 Å². The monoisotopic (exact) mass is 341 g/mol. The SMILES string of the molecule is NCCc1ccc(Br)cc1Sc1ccccc1Cl. The van der Waals surface area contributed by atoms with Crippen LogP contribution in [0.5, 0.6) is 0 Å². The maximum absolute atomic E-state index is 6.19. The van der Waals surface area contributed by atoms with E-state index < -0.39 is 0 Å². The molecule has 0 radical (unpaired) electrons. The molecule has 0 atom stereocenters. The van der Waals surface area contributed by atoms with Gasteiger partial charge in [0.05, 0.1) is 5.02 Å². The van der Waals surface area contributed by atoms with Crippen molar-refractivity contribution >= 4 is 39.3 Å². The van der Waals surface area contributed by atoms with Crippen molar-refractivity contribution in [2.75, 3.05) is 6.54 Å². The summed E-state index contributed by atoms with van der Waals surface area (Å²) >= 11 is 11.4. The van der Waals surface area contributed by atoms with Crippen LogP contribution in [-0.4, -0.2) is 6.54 Å². The molecule has 4 heteroatoms. The van der Waals surface area contributed by atoms with Gasteiger partial charge in [0.1, 0.15) is 0 Å². The van der Waals surface area contributed by atoms with Crippen LogP contribution in [0.15, 0.2) is 56.7 Å². The van der Waals surface area contributed by atoms with E-state index in [-0.39, 0.29) is 0 Å². The van der Waals surface area contributed by atoms with E-state index in [0.717, 1.165) is 20.8 Å². The Morgan fingerprint density at radius 3 is 2.61 bits per heavy atom. The zero-order chi connectivity index (χ0) is 13.0. The second-order valence-corrected chi connectivity index (χ2v) is 6.23. The second-order valence-electron chi connectivity index (χ2n) is 3.82. The highest BCUT2D eigenvalue weighted by molar-refractivity contribution is 9.10. The summed E-state index contributed by atoms with van der Waals surface area (Å²) in [5.74, 6) is 0. The van der Waals surface area contributed by atoms with E-state index in [1.54, 1.807) is 11.8 Å². The fourth-order valence-corrected chi connectivity index (χ4v) is 3.43. The highest BCUT2D eigenvalue weighted by Crippen LogP contribution is 2.36. The lowest BCUT2D eigenvalue weighted by Gasteiger charge is -2.10. The van der Waals surface area contributed by atoms with E-state index in [9.17, 15) is 0 Å². The lowest BCUT2D eigenvalue weighted by molar-refractivity contribution is 0.943. The second kappa shape index (κ2) is 6.62. The first kappa shape index (κ1) is 13.9. The van der Waals surface area contributed by atoms with Crippen LogP contribution in [0.25, 0.3) is 0 Å². The Kier molecular flexibility index (Phi) is 5.13. The molecule has 0 fully saturated rings. The summed E-state index contributed by atoms with van der Waals surface area (Å²) in [4.78, 5) is 2.26. The molecule has 94 valence electrons. The molecule has 0 amide bonds. The Morgan fingerprint density at radius 2 is 1.89 bits per heavy atom. The van der Waals surface area contributed by atoms with Crippen molar-refractivity contribution in [1.82, 2.24) is 0 Å². The Balaban J connectivity index is 2.33. The average Bonchev–Trinajstić information content (AvgIpc) is 2.36. The van der Waals surface area contributed by atoms with Gasteiger partial charge in [0.15, 0.2) is 0 Å². The number of nitrogens with two attached hydrogens (primary N) is 1. The van der Waals surface area contributed by atoms with Crippen molar-refractivity contribution in [1.29, 1.82) is 0 Å². The molecule has 0 aliphatic rings. The van der Waals surface area contributed by atoms with E-state index in [1.165, 1.54) is 10.5 Å². The smallest absolute Gasteiger partial charge is 0.0545 e. The zero-order valence-electron chi connectivity index (χ0n) is 9.70. The first-order valence-electron chi connectivity index (χ1n) is 5.61. The Labute approximate surface area is 125 Å². The summed E-state index contributed by atoms with van der Waals surface area (Å²) in [5, 5.41) is 0.779. The summed E-state index contributed by atoms with van der Waals surface area (Å²) in [6.45, 7) is 0.651. The minimum absolute atomic E-state index is 0.651. The highest BCUT2D eigenvalue weighted by atomic mass is 79.9. The fraction of sp³-hybridized carbons (Fsp3) is 0.143. The van der Waals surface area contributed by atoms with Gasteiger partial charge in [-0.2, -0.15) is 0 Å². The van der Waals surface area contributed by atoms with Gasteiger partial charge in [-0.3, -0.25) is 0 Å². The topological polar surface area (TPSA) is 26.0 Å². The van der Waals surface area contributed by atoms with Gasteiger partial charge in [-0.25, -0.2) is 0 Å². The predicted octanol–water partition coefficient (Wildman–Crippen LogP) is 4.75. The predicted molar refractivity (Wildman–Crippen MR) is 82.5 cm³/mol. The largest absolute Gasteiger partial charge is 0.330 e. The molecule has 0 aromatic heterocycles. The molecule has 0 heterocycles. The summed E-state index contributed by atoms with van der Waals surface area (Å²) < 4.78 is 1.07. The average molecular weight is 343 g/mol. The summed E-state index contributed by atoms with van der Waals surface area (Å²) in [5.41, 5.74) is 6.90. The molecule has 0 aliphatic carbocycles. The summed E-state index contributed by atoms with van der Waals surface area (Å²) in [7, 11) is 0. The van der Waals surface area contributed by atoms with Crippen LogP contribution in [0.2, 0.25) is 5.02 Å². The molecule has 18 heavy (non-hydrogen) atoms. The molecule has 0 unspecified atom stereocenters. The van der Waals surface area contributed by atoms with E-state index >= 15 is 0 Å². The number of rotatable bonds is 4. The Morgan fingerprint density at radius 1 is 1.11 bits per heavy atom. The van der Waals surface area contributed by atoms with E-state index in [1.807, 2.05) is 30.3 Å². The minimum Gasteiger partial charge on any atom is -0.330 e. The maximum Gasteiger partial charge on any atom is 0.0545 e. The van der Waals surface area contributed by atoms with Crippen LogP contribution in [0.1, 0.15) is 5.56 Å². The van der Waals surface area contributed by atoms with E-state index in [2.05, 4.69) is 28.1 Å². The molecular formula is C14H13BrClNS. The molecule has 2 aromatic rings. The van der Waals surface area contributed by atoms with Crippen molar-refractivity contribution in [2.45, 2.75) is 16.2 Å². The van der Waals surface area contributed by atoms with Crippen molar-refractivity contribution in [3.05, 3.63) is 57.5 Å². The van der Waals surface area contributed by atoms with Crippen molar-refractivity contribution in [2.24, 2.45) is 5.73 Å². The van der Waals surface area contributed by atoms with Crippen LogP contribution in [0, 0.1) is 0 Å². The normalized spacial score (nSPS) is 10.6. The summed E-state index contributed by atoms with van der Waals surface area (Å²) in [6.07, 6.45) is 0.875. The minimum atomic E-state index is 0.651. The third-order valence-corrected chi connectivity index (χ3v) is 4.61. The quantitative estimate of drug-likeness (QED) is 0.867. The van der Waals surface area contributed by atoms with E-state index in [0.29, 0.717) is 6.54 Å². The third-order valence-electron chi connectivity index (χ3n) is 2.50. The van der Waals surface area contributed by atoms with Gasteiger partial charge in [-0.15, -0.1) is 0 Å². The first-order chi connectivity index (χ1) is 8.70. The maximum atomic E-state index is 6.19. The lowest BCUT2D eigenvalue weighted by atomic mass is 10.1. The fourth-order valence-electron chi connectivity index (χ4n) is 1.63. The molecule has 2 aromatic carbocycles. The van der Waals surface area contributed by atoms with Gasteiger partial charge < -0.3 is 5.73 Å². The van der Waals surface area contributed by atoms with Crippen LogP contribution in [-0.2, 0) is 6.42 Å². The molecule has 0 spiro atoms. The standard InChI is InChI=1S/C14H13BrClNS/c15-11-6-5-10(7-8-17)14(9-11)18-13-4-2-1-3-12(13)16/h1-6,9H,7-8,17H2. The van der Waals surface area contributed by atoms with Crippen LogP contribution in [0.3, 0.4) is 0 Å². The number of hydrogen-bond donors (Lipinski definition) is 1. The van der Waals surface area contributed by atoms with Gasteiger partial charge in [0.25, 0.3) is 0 Å². The molecule has 0 saturated heterocycles. The van der Waals surface area contributed by atoms with E-state index in [4.69, 9.17) is 17.3 Å². The Bertz CT molecular complexity index is 545. The van der Waals surface area contributed by atoms with Crippen molar-refractivity contribution in [3.63, 3.8) is 0 Å². The van der Waals surface area contributed by atoms with Crippen molar-refractivity contribution < 1.29 is 0 Å². The highest BCUT2D eigenvalue weighted by Gasteiger charge is 2.07. The van der Waals surface area contributed by atoms with Crippen molar-refractivity contribution in [3.8, 4) is 0 Å². The third kappa shape index (κ3) is 3.51. The summed E-state index contributed by atoms with van der Waals surface area (Å²) in [6, 6.07) is 14.1. The number of halogens is 2. The molecule has 2 N–H and O–H groups in total. The molecule has 0 bridgehead atoms. The first-order valence-corrected chi connectivity index (χ1v) is 7.60. The zero-order valence-corrected chi connectivity index (χ0v) is 12.9. The van der Waals surface area contributed by atoms with Crippen LogP contribution >= 0.6 is 39.3 Å². The van der Waals surface area contributed by atoms with Crippen LogP contribution in [0.4, 0.5) is 0 Å². The molecule has 0 aliphatic heterocycles. The molecule has 0 saturated carbocycles. The van der Waals surface area contributed by atoms with Gasteiger partial charge in [0.2, 0.25) is 0 Å². The van der Waals surface area contributed by atoms with Gasteiger partial charge in [-0.1, -0.05) is 57.5 Å². The van der Waals surface area contributed by atoms with Gasteiger partial charge >= 0.3 is 0 Å². The van der Waals surface area contributed by atoms with Gasteiger partial charge in [0, 0.05) is 14.3 Å². The number of benzene rings is 2. The molecular weight excluding hydrogens is 330 g/mol. The van der Waals surface area contributed by atoms with Crippen LogP contribution < -0.4 is 5.73 Å². The number of hydrogen-bond acceptors (Lipinski definition) is 2. The molecule has 1 nitrogen and oxygen atoms in total. The molecule has 2 rings (SSSR count). The Hall–Kier alpha value is -0.480. The lowest BCUT2D eigenvalue weighted by Crippen LogP contribution is -2.03.